The van der Waals surface area contributed by atoms with Crippen LogP contribution < -0.4 is 5.32 Å². The Balaban J connectivity index is 1.62. The first-order valence-electron chi connectivity index (χ1n) is 8.20. The van der Waals surface area contributed by atoms with Crippen molar-refractivity contribution in [3.05, 3.63) is 35.9 Å². The molecule has 0 saturated carbocycles. The number of nitrogens with zero attached hydrogens (tertiary/aromatic N) is 6. The van der Waals surface area contributed by atoms with Gasteiger partial charge in [0.25, 0.3) is 0 Å². The third-order valence-corrected chi connectivity index (χ3v) is 4.28. The van der Waals surface area contributed by atoms with Gasteiger partial charge in [-0.2, -0.15) is 10.2 Å². The molecule has 8 nitrogen and oxygen atoms in total. The van der Waals surface area contributed by atoms with Gasteiger partial charge in [-0.05, 0) is 12.5 Å². The van der Waals surface area contributed by atoms with E-state index in [0.29, 0.717) is 6.54 Å². The van der Waals surface area contributed by atoms with Crippen LogP contribution in [0.4, 0.5) is 4.79 Å². The maximum atomic E-state index is 11.7. The van der Waals surface area contributed by atoms with Crippen molar-refractivity contribution in [3.63, 3.8) is 0 Å². The maximum Gasteiger partial charge on any atom is 0.316 e. The van der Waals surface area contributed by atoms with Crippen molar-refractivity contribution in [1.82, 2.24) is 34.7 Å². The number of nitrogens with one attached hydrogen (secondary N) is 1. The minimum Gasteiger partial charge on any atom is -0.338 e. The monoisotopic (exact) mass is 331 g/mol. The predicted molar refractivity (Wildman–Crippen MR) is 90.3 cm³/mol. The standard InChI is InChI=1S/C16H25N7O/c1-20(2)16(24)17-6-4-14-11-22(10-13-8-19-21(3)9-13)12-15-5-7-18-23(14)15/h5,7-9,14H,4,6,10-12H2,1-3H3,(H,17,24). The smallest absolute Gasteiger partial charge is 0.316 e. The van der Waals surface area contributed by atoms with E-state index in [1.165, 1.54) is 11.3 Å². The molecule has 0 radical (unpaired) electrons. The molecule has 130 valence electrons. The Hall–Kier alpha value is -2.35. The van der Waals surface area contributed by atoms with Crippen LogP contribution in [0.1, 0.15) is 23.7 Å². The molecule has 8 heteroatoms. The highest BCUT2D eigenvalue weighted by atomic mass is 16.2. The van der Waals surface area contributed by atoms with Gasteiger partial charge in [0.05, 0.1) is 17.9 Å². The van der Waals surface area contributed by atoms with Gasteiger partial charge in [-0.25, -0.2) is 4.79 Å². The van der Waals surface area contributed by atoms with E-state index in [1.807, 2.05) is 24.1 Å². The van der Waals surface area contributed by atoms with E-state index in [4.69, 9.17) is 0 Å². The van der Waals surface area contributed by atoms with Crippen molar-refractivity contribution in [1.29, 1.82) is 0 Å². The van der Waals surface area contributed by atoms with Crippen molar-refractivity contribution in [2.45, 2.75) is 25.6 Å². The number of aromatic nitrogens is 4. The summed E-state index contributed by atoms with van der Waals surface area (Å²) in [5.74, 6) is 0. The van der Waals surface area contributed by atoms with Crippen molar-refractivity contribution in [2.75, 3.05) is 27.2 Å². The SMILES string of the molecule is CN(C)C(=O)NCCC1CN(Cc2cnn(C)c2)Cc2ccnn21. The summed E-state index contributed by atoms with van der Waals surface area (Å²) in [7, 11) is 5.43. The maximum absolute atomic E-state index is 11.7. The average Bonchev–Trinajstić information content (AvgIpc) is 3.16. The van der Waals surface area contributed by atoms with E-state index in [1.54, 1.807) is 19.0 Å². The first kappa shape index (κ1) is 16.5. The Morgan fingerprint density at radius 3 is 2.96 bits per heavy atom. The zero-order valence-corrected chi connectivity index (χ0v) is 14.5. The summed E-state index contributed by atoms with van der Waals surface area (Å²) in [6.07, 6.45) is 6.68. The van der Waals surface area contributed by atoms with Crippen LogP contribution in [0.15, 0.2) is 24.7 Å². The topological polar surface area (TPSA) is 71.2 Å². The molecule has 24 heavy (non-hydrogen) atoms. The molecule has 0 saturated heterocycles. The molecule has 1 N–H and O–H groups in total. The molecule has 3 heterocycles. The predicted octanol–water partition coefficient (Wildman–Crippen LogP) is 0.835. The van der Waals surface area contributed by atoms with E-state index in [2.05, 4.69) is 37.4 Å². The van der Waals surface area contributed by atoms with Crippen LogP contribution in [0.3, 0.4) is 0 Å². The molecular formula is C16H25N7O. The van der Waals surface area contributed by atoms with Gasteiger partial charge in [0.1, 0.15) is 0 Å². The fourth-order valence-corrected chi connectivity index (χ4v) is 3.11. The Labute approximate surface area is 142 Å². The van der Waals surface area contributed by atoms with Gasteiger partial charge in [0.2, 0.25) is 0 Å². The number of aryl methyl sites for hydroxylation is 1. The molecular weight excluding hydrogens is 306 g/mol. The van der Waals surface area contributed by atoms with Crippen LogP contribution in [0.25, 0.3) is 0 Å². The van der Waals surface area contributed by atoms with Gasteiger partial charge in [0.15, 0.2) is 0 Å². The van der Waals surface area contributed by atoms with Crippen molar-refractivity contribution >= 4 is 6.03 Å². The molecule has 3 rings (SSSR count). The lowest BCUT2D eigenvalue weighted by atomic mass is 10.1. The Morgan fingerprint density at radius 1 is 1.42 bits per heavy atom. The number of rotatable bonds is 5. The highest BCUT2D eigenvalue weighted by Crippen LogP contribution is 2.23. The minimum absolute atomic E-state index is 0.0567. The molecule has 2 aromatic heterocycles. The van der Waals surface area contributed by atoms with Gasteiger partial charge >= 0.3 is 6.03 Å². The van der Waals surface area contributed by atoms with Crippen molar-refractivity contribution in [2.24, 2.45) is 7.05 Å². The lowest BCUT2D eigenvalue weighted by molar-refractivity contribution is 0.160. The zero-order valence-electron chi connectivity index (χ0n) is 14.5. The third kappa shape index (κ3) is 3.76. The summed E-state index contributed by atoms with van der Waals surface area (Å²) in [4.78, 5) is 15.6. The summed E-state index contributed by atoms with van der Waals surface area (Å²) in [6.45, 7) is 3.32. The Morgan fingerprint density at radius 2 is 2.25 bits per heavy atom. The van der Waals surface area contributed by atoms with Crippen LogP contribution in [0.2, 0.25) is 0 Å². The van der Waals surface area contributed by atoms with E-state index in [9.17, 15) is 4.79 Å². The van der Waals surface area contributed by atoms with Gasteiger partial charge in [-0.3, -0.25) is 14.3 Å². The van der Waals surface area contributed by atoms with Crippen LogP contribution in [-0.2, 0) is 20.1 Å². The molecule has 2 aromatic rings. The number of fused-ring (bicyclic) bond motifs is 1. The van der Waals surface area contributed by atoms with Crippen molar-refractivity contribution in [3.8, 4) is 0 Å². The molecule has 0 spiro atoms. The summed E-state index contributed by atoms with van der Waals surface area (Å²) >= 11 is 0. The van der Waals surface area contributed by atoms with Crippen molar-refractivity contribution < 1.29 is 4.79 Å². The minimum atomic E-state index is -0.0567. The second-order valence-corrected chi connectivity index (χ2v) is 6.53. The fourth-order valence-electron chi connectivity index (χ4n) is 3.11. The lowest BCUT2D eigenvalue weighted by Crippen LogP contribution is -2.40. The van der Waals surface area contributed by atoms with E-state index in [0.717, 1.165) is 26.1 Å². The number of urea groups is 1. The van der Waals surface area contributed by atoms with Gasteiger partial charge in [-0.15, -0.1) is 0 Å². The Bertz CT molecular complexity index is 690. The molecule has 0 aromatic carbocycles. The van der Waals surface area contributed by atoms with Crippen LogP contribution in [-0.4, -0.2) is 62.6 Å². The van der Waals surface area contributed by atoms with E-state index < -0.39 is 0 Å². The molecule has 1 aliphatic heterocycles. The fraction of sp³-hybridized carbons (Fsp3) is 0.562. The van der Waals surface area contributed by atoms with Gasteiger partial charge in [-0.1, -0.05) is 0 Å². The largest absolute Gasteiger partial charge is 0.338 e. The summed E-state index contributed by atoms with van der Waals surface area (Å²) in [5.41, 5.74) is 2.43. The Kier molecular flexibility index (Phi) is 4.84. The van der Waals surface area contributed by atoms with E-state index >= 15 is 0 Å². The highest BCUT2D eigenvalue weighted by molar-refractivity contribution is 5.73. The number of carbonyl (C=O) groups is 1. The molecule has 1 aliphatic rings. The third-order valence-electron chi connectivity index (χ3n) is 4.28. The second kappa shape index (κ2) is 7.04. The summed E-state index contributed by atoms with van der Waals surface area (Å²) < 4.78 is 3.93. The molecule has 0 bridgehead atoms. The average molecular weight is 331 g/mol. The molecule has 1 atom stereocenters. The first-order chi connectivity index (χ1) is 11.5. The molecule has 0 aliphatic carbocycles. The lowest BCUT2D eigenvalue weighted by Gasteiger charge is -2.33. The number of carbonyl (C=O) groups excluding carboxylic acids is 1. The molecule has 1 unspecified atom stereocenters. The second-order valence-electron chi connectivity index (χ2n) is 6.53. The summed E-state index contributed by atoms with van der Waals surface area (Å²) in [5, 5.41) is 11.6. The molecule has 0 fully saturated rings. The number of hydrogen-bond acceptors (Lipinski definition) is 4. The molecule has 2 amide bonds. The van der Waals surface area contributed by atoms with Gasteiger partial charge < -0.3 is 10.2 Å². The highest BCUT2D eigenvalue weighted by Gasteiger charge is 2.25. The number of amides is 2. The quantitative estimate of drug-likeness (QED) is 0.881. The first-order valence-corrected chi connectivity index (χ1v) is 8.20. The van der Waals surface area contributed by atoms with Gasteiger partial charge in [0, 0.05) is 65.3 Å². The van der Waals surface area contributed by atoms with Crippen LogP contribution >= 0.6 is 0 Å². The normalized spacial score (nSPS) is 17.5. The van der Waals surface area contributed by atoms with Crippen LogP contribution in [0, 0.1) is 0 Å². The summed E-state index contributed by atoms with van der Waals surface area (Å²) in [6, 6.07) is 2.28. The zero-order chi connectivity index (χ0) is 17.1. The van der Waals surface area contributed by atoms with E-state index in [-0.39, 0.29) is 12.1 Å². The number of hydrogen-bond donors (Lipinski definition) is 1. The van der Waals surface area contributed by atoms with Crippen LogP contribution in [0.5, 0.6) is 0 Å².